The van der Waals surface area contributed by atoms with Crippen LogP contribution in [-0.2, 0) is 9.53 Å². The molecule has 0 heterocycles. The molecule has 0 radical (unpaired) electrons. The number of nitrogens with one attached hydrogen (secondary N) is 1. The summed E-state index contributed by atoms with van der Waals surface area (Å²) in [7, 11) is 0. The van der Waals surface area contributed by atoms with Gasteiger partial charge >= 0.3 is 5.97 Å². The number of carbonyl (C=O) groups is 1. The Morgan fingerprint density at radius 3 is 2.42 bits per heavy atom. The van der Waals surface area contributed by atoms with Crippen molar-refractivity contribution < 1.29 is 24.9 Å². The highest BCUT2D eigenvalue weighted by atomic mass is 16.6. The molecule has 0 spiro atoms. The van der Waals surface area contributed by atoms with Crippen LogP contribution in [0.25, 0.3) is 0 Å². The van der Waals surface area contributed by atoms with Gasteiger partial charge in [-0.25, -0.2) is 4.79 Å². The van der Waals surface area contributed by atoms with Gasteiger partial charge in [0.1, 0.15) is 5.54 Å². The molecule has 0 amide bonds. The zero-order valence-electron chi connectivity index (χ0n) is 6.78. The lowest BCUT2D eigenvalue weighted by Crippen LogP contribution is -2.53. The summed E-state index contributed by atoms with van der Waals surface area (Å²) in [5.74, 6) is -0.818. The highest BCUT2D eigenvalue weighted by Gasteiger charge is 2.33. The average molecular weight is 179 g/mol. The molecule has 0 saturated heterocycles. The van der Waals surface area contributed by atoms with E-state index in [9.17, 15) is 4.79 Å². The van der Waals surface area contributed by atoms with Crippen LogP contribution in [0.2, 0.25) is 0 Å². The van der Waals surface area contributed by atoms with Gasteiger partial charge in [0.2, 0.25) is 0 Å². The zero-order valence-corrected chi connectivity index (χ0v) is 6.78. The van der Waals surface area contributed by atoms with Gasteiger partial charge in [-0.1, -0.05) is 0 Å². The molecule has 0 rings (SSSR count). The molecule has 12 heavy (non-hydrogen) atoms. The van der Waals surface area contributed by atoms with Crippen LogP contribution < -0.4 is 5.32 Å². The Labute approximate surface area is 69.8 Å². The number of aliphatic hydroxyl groups is 3. The first kappa shape index (κ1) is 11.3. The van der Waals surface area contributed by atoms with Crippen molar-refractivity contribution >= 4 is 5.97 Å². The second-order valence-corrected chi connectivity index (χ2v) is 2.39. The Morgan fingerprint density at radius 1 is 1.50 bits per heavy atom. The molecule has 0 saturated carbocycles. The van der Waals surface area contributed by atoms with E-state index in [-0.39, 0.29) is 0 Å². The zero-order chi connectivity index (χ0) is 9.61. The number of esters is 1. The van der Waals surface area contributed by atoms with Crippen molar-refractivity contribution in [3.8, 4) is 0 Å². The van der Waals surface area contributed by atoms with Crippen LogP contribution in [0, 0.1) is 0 Å². The summed E-state index contributed by atoms with van der Waals surface area (Å²) >= 11 is 0. The van der Waals surface area contributed by atoms with E-state index in [1.165, 1.54) is 6.92 Å². The maximum atomic E-state index is 11.0. The molecule has 0 aliphatic carbocycles. The number of rotatable bonds is 5. The molecular weight excluding hydrogens is 166 g/mol. The van der Waals surface area contributed by atoms with Crippen molar-refractivity contribution in [1.29, 1.82) is 0 Å². The topological polar surface area (TPSA) is 99.0 Å². The second kappa shape index (κ2) is 5.04. The van der Waals surface area contributed by atoms with Crippen LogP contribution in [-0.4, -0.2) is 47.0 Å². The van der Waals surface area contributed by atoms with Gasteiger partial charge in [0, 0.05) is 0 Å². The SMILES string of the molecule is CC(CO)(NCO)C(=O)OCO. The van der Waals surface area contributed by atoms with Gasteiger partial charge in [0.25, 0.3) is 0 Å². The van der Waals surface area contributed by atoms with Gasteiger partial charge in [0.15, 0.2) is 6.79 Å². The van der Waals surface area contributed by atoms with Gasteiger partial charge in [-0.2, -0.15) is 0 Å². The molecule has 1 unspecified atom stereocenters. The van der Waals surface area contributed by atoms with Crippen molar-refractivity contribution in [3.63, 3.8) is 0 Å². The minimum absolute atomic E-state index is 0.461. The number of hydrogen-bond acceptors (Lipinski definition) is 6. The van der Waals surface area contributed by atoms with Gasteiger partial charge in [0.05, 0.1) is 13.3 Å². The molecule has 0 aromatic rings. The third kappa shape index (κ3) is 2.74. The molecule has 4 N–H and O–H groups in total. The number of hydrogen-bond donors (Lipinski definition) is 4. The van der Waals surface area contributed by atoms with Crippen molar-refractivity contribution in [2.45, 2.75) is 12.5 Å². The Morgan fingerprint density at radius 2 is 2.08 bits per heavy atom. The first-order valence-electron chi connectivity index (χ1n) is 3.35. The highest BCUT2D eigenvalue weighted by molar-refractivity contribution is 5.80. The number of carbonyl (C=O) groups excluding carboxylic acids is 1. The van der Waals surface area contributed by atoms with Crippen LogP contribution in [0.4, 0.5) is 0 Å². The lowest BCUT2D eigenvalue weighted by atomic mass is 10.1. The number of aliphatic hydroxyl groups excluding tert-OH is 3. The fourth-order valence-electron chi connectivity index (χ4n) is 0.585. The first-order chi connectivity index (χ1) is 5.60. The van der Waals surface area contributed by atoms with Crippen LogP contribution in [0.1, 0.15) is 6.92 Å². The molecule has 0 aliphatic heterocycles. The highest BCUT2D eigenvalue weighted by Crippen LogP contribution is 2.04. The van der Waals surface area contributed by atoms with E-state index in [1.807, 2.05) is 0 Å². The van der Waals surface area contributed by atoms with Gasteiger partial charge in [-0.15, -0.1) is 0 Å². The normalized spacial score (nSPS) is 15.3. The summed E-state index contributed by atoms with van der Waals surface area (Å²) in [5, 5.41) is 27.8. The van der Waals surface area contributed by atoms with Crippen LogP contribution >= 0.6 is 0 Å². The van der Waals surface area contributed by atoms with Gasteiger partial charge in [-0.3, -0.25) is 5.32 Å². The molecule has 0 bridgehead atoms. The molecule has 0 aromatic carbocycles. The largest absolute Gasteiger partial charge is 0.437 e. The quantitative estimate of drug-likeness (QED) is 0.281. The fraction of sp³-hybridized carbons (Fsp3) is 0.833. The summed E-state index contributed by atoms with van der Waals surface area (Å²) < 4.78 is 4.23. The van der Waals surface area contributed by atoms with Crippen molar-refractivity contribution in [1.82, 2.24) is 5.32 Å². The Hall–Kier alpha value is -0.690. The van der Waals surface area contributed by atoms with Crippen LogP contribution in [0.15, 0.2) is 0 Å². The van der Waals surface area contributed by atoms with Crippen LogP contribution in [0.5, 0.6) is 0 Å². The van der Waals surface area contributed by atoms with Crippen molar-refractivity contribution in [2.75, 3.05) is 20.1 Å². The predicted octanol–water partition coefficient (Wildman–Crippen LogP) is -2.23. The summed E-state index contributed by atoms with van der Waals surface area (Å²) in [4.78, 5) is 11.0. The summed E-state index contributed by atoms with van der Waals surface area (Å²) in [6, 6.07) is 0. The Balaban J connectivity index is 4.18. The standard InChI is InChI=1S/C6H13NO5/c1-6(2-8,7-3-9)5(11)12-4-10/h7-10H,2-4H2,1H3. The minimum Gasteiger partial charge on any atom is -0.437 e. The molecule has 6 heteroatoms. The molecular formula is C6H13NO5. The molecule has 1 atom stereocenters. The third-order valence-corrected chi connectivity index (χ3v) is 1.43. The van der Waals surface area contributed by atoms with Crippen molar-refractivity contribution in [2.24, 2.45) is 0 Å². The Bertz CT molecular complexity index is 151. The fourth-order valence-corrected chi connectivity index (χ4v) is 0.585. The molecule has 72 valence electrons. The summed E-state index contributed by atoms with van der Waals surface area (Å²) in [6.45, 7) is -0.382. The van der Waals surface area contributed by atoms with Crippen LogP contribution in [0.3, 0.4) is 0 Å². The smallest absolute Gasteiger partial charge is 0.330 e. The molecule has 0 aliphatic rings. The van der Waals surface area contributed by atoms with E-state index in [0.29, 0.717) is 0 Å². The molecule has 0 aromatic heterocycles. The lowest BCUT2D eigenvalue weighted by Gasteiger charge is -2.24. The van der Waals surface area contributed by atoms with Gasteiger partial charge in [-0.05, 0) is 6.92 Å². The van der Waals surface area contributed by atoms with E-state index in [4.69, 9.17) is 15.3 Å². The summed E-state index contributed by atoms with van der Waals surface area (Å²) in [6.07, 6.45) is 0. The monoisotopic (exact) mass is 179 g/mol. The number of ether oxygens (including phenoxy) is 1. The lowest BCUT2D eigenvalue weighted by molar-refractivity contribution is -0.161. The van der Waals surface area contributed by atoms with E-state index >= 15 is 0 Å². The van der Waals surface area contributed by atoms with E-state index < -0.39 is 31.6 Å². The van der Waals surface area contributed by atoms with Gasteiger partial charge < -0.3 is 20.1 Å². The minimum atomic E-state index is -1.36. The first-order valence-corrected chi connectivity index (χ1v) is 3.35. The van der Waals surface area contributed by atoms with E-state index in [2.05, 4.69) is 10.1 Å². The predicted molar refractivity (Wildman–Crippen MR) is 38.9 cm³/mol. The molecule has 0 fully saturated rings. The molecule has 6 nitrogen and oxygen atoms in total. The van der Waals surface area contributed by atoms with Crippen molar-refractivity contribution in [3.05, 3.63) is 0 Å². The summed E-state index contributed by atoms with van der Waals surface area (Å²) in [5.41, 5.74) is -1.36. The Kier molecular flexibility index (Phi) is 4.75. The van der Waals surface area contributed by atoms with E-state index in [1.54, 1.807) is 0 Å². The maximum Gasteiger partial charge on any atom is 0.330 e. The van der Waals surface area contributed by atoms with E-state index in [0.717, 1.165) is 0 Å². The second-order valence-electron chi connectivity index (χ2n) is 2.39. The third-order valence-electron chi connectivity index (χ3n) is 1.43. The average Bonchev–Trinajstić information content (AvgIpc) is 2.05. The maximum absolute atomic E-state index is 11.0.